The zero-order valence-corrected chi connectivity index (χ0v) is 6.24. The van der Waals surface area contributed by atoms with Gasteiger partial charge >= 0.3 is 8.69 Å². The van der Waals surface area contributed by atoms with E-state index >= 15 is 0 Å². The first-order chi connectivity index (χ1) is 3.41. The Morgan fingerprint density at radius 1 is 1.71 bits per heavy atom. The Morgan fingerprint density at radius 3 is 2.86 bits per heavy atom. The van der Waals surface area contributed by atoms with Crippen LogP contribution in [-0.2, 0) is 9.09 Å². The summed E-state index contributed by atoms with van der Waals surface area (Å²) < 4.78 is 14.0. The molecule has 0 atom stereocenters. The van der Waals surface area contributed by atoms with Crippen molar-refractivity contribution in [1.29, 1.82) is 0 Å². The third-order valence-electron chi connectivity index (χ3n) is 0.422. The lowest BCUT2D eigenvalue weighted by Crippen LogP contribution is -1.82. The summed E-state index contributed by atoms with van der Waals surface area (Å²) in [4.78, 5) is 0. The molecule has 2 nitrogen and oxygen atoms in total. The van der Waals surface area contributed by atoms with Gasteiger partial charge in [0, 0.05) is 5.33 Å². The number of alkyl halides is 1. The van der Waals surface area contributed by atoms with E-state index in [0.29, 0.717) is 6.61 Å². The highest BCUT2D eigenvalue weighted by atomic mass is 79.9. The first-order valence-electron chi connectivity index (χ1n) is 1.92. The Kier molecular flexibility index (Phi) is 7.04. The molecule has 0 aliphatic rings. The van der Waals surface area contributed by atoms with E-state index in [1.54, 1.807) is 0 Å². The molecule has 0 rings (SSSR count). The van der Waals surface area contributed by atoms with E-state index in [-0.39, 0.29) is 8.69 Å². The van der Waals surface area contributed by atoms with E-state index in [1.807, 2.05) is 0 Å². The fourth-order valence-electron chi connectivity index (χ4n) is 0.156. The summed E-state index contributed by atoms with van der Waals surface area (Å²) >= 11 is 3.19. The van der Waals surface area contributed by atoms with Gasteiger partial charge in [-0.15, -0.1) is 0 Å². The zero-order valence-electron chi connectivity index (χ0n) is 3.76. The van der Waals surface area contributed by atoms with Gasteiger partial charge in [0.1, 0.15) is 0 Å². The summed E-state index contributed by atoms with van der Waals surface area (Å²) in [7, 11) is -0.216. The SMILES string of the molecule is O=POCCCBr. The fourth-order valence-corrected chi connectivity index (χ4v) is 0.589. The van der Waals surface area contributed by atoms with Gasteiger partial charge in [-0.1, -0.05) is 15.9 Å². The van der Waals surface area contributed by atoms with E-state index in [0.717, 1.165) is 11.8 Å². The monoisotopic (exact) mass is 184 g/mol. The van der Waals surface area contributed by atoms with E-state index in [9.17, 15) is 4.57 Å². The van der Waals surface area contributed by atoms with Crippen molar-refractivity contribution in [3.05, 3.63) is 0 Å². The minimum atomic E-state index is -0.216. The molecule has 7 heavy (non-hydrogen) atoms. The lowest BCUT2D eigenvalue weighted by atomic mass is 10.5. The van der Waals surface area contributed by atoms with Crippen molar-refractivity contribution in [3.63, 3.8) is 0 Å². The Bertz CT molecular complexity index is 50.2. The van der Waals surface area contributed by atoms with E-state index < -0.39 is 0 Å². The highest BCUT2D eigenvalue weighted by Crippen LogP contribution is 1.96. The molecule has 0 saturated carbocycles. The van der Waals surface area contributed by atoms with Crippen LogP contribution >= 0.6 is 24.6 Å². The van der Waals surface area contributed by atoms with Crippen molar-refractivity contribution in [2.75, 3.05) is 11.9 Å². The fraction of sp³-hybridized carbons (Fsp3) is 1.00. The van der Waals surface area contributed by atoms with Gasteiger partial charge in [0.05, 0.1) is 6.61 Å². The van der Waals surface area contributed by atoms with Crippen LogP contribution in [0.4, 0.5) is 0 Å². The molecule has 0 spiro atoms. The lowest BCUT2D eigenvalue weighted by Gasteiger charge is -1.85. The molecule has 0 aromatic carbocycles. The topological polar surface area (TPSA) is 26.3 Å². The number of hydrogen-bond donors (Lipinski definition) is 0. The van der Waals surface area contributed by atoms with Gasteiger partial charge in [-0.2, -0.15) is 0 Å². The summed E-state index contributed by atoms with van der Waals surface area (Å²) in [5.41, 5.74) is 0. The van der Waals surface area contributed by atoms with Crippen molar-refractivity contribution >= 4 is 24.6 Å². The highest BCUT2D eigenvalue weighted by Gasteiger charge is 1.81. The van der Waals surface area contributed by atoms with Crippen LogP contribution in [0, 0.1) is 0 Å². The molecule has 0 heterocycles. The van der Waals surface area contributed by atoms with Crippen molar-refractivity contribution in [3.8, 4) is 0 Å². The number of halogens is 1. The third-order valence-corrected chi connectivity index (χ3v) is 1.27. The zero-order chi connectivity index (χ0) is 5.54. The second-order valence-corrected chi connectivity index (χ2v) is 2.15. The van der Waals surface area contributed by atoms with Gasteiger partial charge in [-0.25, -0.2) is 4.57 Å². The third kappa shape index (κ3) is 6.54. The highest BCUT2D eigenvalue weighted by molar-refractivity contribution is 9.09. The van der Waals surface area contributed by atoms with E-state index in [1.165, 1.54) is 0 Å². The van der Waals surface area contributed by atoms with Crippen molar-refractivity contribution in [2.24, 2.45) is 0 Å². The maximum atomic E-state index is 9.54. The molecule has 0 fully saturated rings. The molecule has 4 heteroatoms. The van der Waals surface area contributed by atoms with Crippen molar-refractivity contribution in [2.45, 2.75) is 6.42 Å². The van der Waals surface area contributed by atoms with Crippen LogP contribution in [0.2, 0.25) is 0 Å². The largest absolute Gasteiger partial charge is 0.327 e. The average molecular weight is 185 g/mol. The predicted octanol–water partition coefficient (Wildman–Crippen LogP) is 1.99. The van der Waals surface area contributed by atoms with Crippen molar-refractivity contribution in [1.82, 2.24) is 0 Å². The van der Waals surface area contributed by atoms with E-state index in [2.05, 4.69) is 20.5 Å². The van der Waals surface area contributed by atoms with Crippen LogP contribution in [0.25, 0.3) is 0 Å². The molecule has 0 aliphatic carbocycles. The first kappa shape index (κ1) is 7.54. The standard InChI is InChI=1S/C3H6BrO2P/c4-2-1-3-6-7-5/h1-3H2. The van der Waals surface area contributed by atoms with Gasteiger partial charge in [-0.05, 0) is 6.42 Å². The van der Waals surface area contributed by atoms with Crippen LogP contribution in [0.1, 0.15) is 6.42 Å². The van der Waals surface area contributed by atoms with Gasteiger partial charge in [0.25, 0.3) is 0 Å². The Hall–Kier alpha value is 0.540. The Labute approximate surface area is 52.7 Å². The summed E-state index contributed by atoms with van der Waals surface area (Å²) in [5, 5.41) is 0.905. The predicted molar refractivity (Wildman–Crippen MR) is 32.0 cm³/mol. The molecule has 0 aliphatic heterocycles. The Balaban J connectivity index is 2.56. The van der Waals surface area contributed by atoms with Gasteiger partial charge in [0.15, 0.2) is 0 Å². The van der Waals surface area contributed by atoms with Crippen LogP contribution in [0.15, 0.2) is 0 Å². The van der Waals surface area contributed by atoms with Gasteiger partial charge in [0.2, 0.25) is 0 Å². The molecule has 0 bridgehead atoms. The van der Waals surface area contributed by atoms with Crippen LogP contribution in [0.5, 0.6) is 0 Å². The van der Waals surface area contributed by atoms with Crippen LogP contribution in [0.3, 0.4) is 0 Å². The molecule has 0 N–H and O–H groups in total. The van der Waals surface area contributed by atoms with Crippen molar-refractivity contribution < 1.29 is 9.09 Å². The van der Waals surface area contributed by atoms with Gasteiger partial charge < -0.3 is 0 Å². The minimum Gasteiger partial charge on any atom is -0.294 e. The molecule has 0 unspecified atom stereocenters. The second kappa shape index (κ2) is 6.54. The van der Waals surface area contributed by atoms with E-state index in [4.69, 9.17) is 0 Å². The normalized spacial score (nSPS) is 9.86. The lowest BCUT2D eigenvalue weighted by molar-refractivity contribution is 0.344. The molecular weight excluding hydrogens is 179 g/mol. The maximum Gasteiger partial charge on any atom is 0.327 e. The average Bonchev–Trinajstić information content (AvgIpc) is 1.69. The smallest absolute Gasteiger partial charge is 0.294 e. The molecular formula is C3H6BrO2P. The quantitative estimate of drug-likeness (QED) is 0.380. The molecule has 42 valence electrons. The number of hydrogen-bond acceptors (Lipinski definition) is 2. The summed E-state index contributed by atoms with van der Waals surface area (Å²) in [6, 6.07) is 0. The molecule has 0 radical (unpaired) electrons. The number of rotatable bonds is 4. The first-order valence-corrected chi connectivity index (χ1v) is 3.77. The molecule has 0 aromatic heterocycles. The molecule has 0 amide bonds. The minimum absolute atomic E-state index is 0.216. The van der Waals surface area contributed by atoms with Gasteiger partial charge in [-0.3, -0.25) is 4.52 Å². The second-order valence-electron chi connectivity index (χ2n) is 0.950. The van der Waals surface area contributed by atoms with Crippen LogP contribution in [-0.4, -0.2) is 11.9 Å². The summed E-state index contributed by atoms with van der Waals surface area (Å²) in [6.45, 7) is 0.566. The molecule has 0 saturated heterocycles. The summed E-state index contributed by atoms with van der Waals surface area (Å²) in [5.74, 6) is 0. The maximum absolute atomic E-state index is 9.54. The molecule has 0 aromatic rings. The Morgan fingerprint density at radius 2 is 2.43 bits per heavy atom. The summed E-state index contributed by atoms with van der Waals surface area (Å²) in [6.07, 6.45) is 0.912. The van der Waals surface area contributed by atoms with Crippen LogP contribution < -0.4 is 0 Å².